The molecule has 0 amide bonds. The van der Waals surface area contributed by atoms with Gasteiger partial charge < -0.3 is 10.3 Å². The van der Waals surface area contributed by atoms with E-state index in [0.717, 1.165) is 42.2 Å². The Morgan fingerprint density at radius 1 is 1.28 bits per heavy atom. The van der Waals surface area contributed by atoms with Gasteiger partial charge in [0.25, 0.3) is 0 Å². The van der Waals surface area contributed by atoms with Crippen LogP contribution in [0.3, 0.4) is 0 Å². The van der Waals surface area contributed by atoms with Crippen LogP contribution < -0.4 is 5.32 Å². The molecule has 3 heterocycles. The summed E-state index contributed by atoms with van der Waals surface area (Å²) in [5.41, 5.74) is 3.04. The van der Waals surface area contributed by atoms with Crippen LogP contribution in [0.5, 0.6) is 0 Å². The Bertz CT molecular complexity index is 564. The van der Waals surface area contributed by atoms with Crippen molar-refractivity contribution in [3.8, 4) is 0 Å². The molecule has 2 aromatic rings. The normalized spacial score (nSPS) is 24.2. The molecule has 1 fully saturated rings. The standard InChI is InChI=1S/C14H20N4/c1-9(2)14(6-7-15-8-14)13-17-11-5-4-10(3)16-12(11)18-13/h4-5,9,15H,6-8H2,1-3H3,(H,16,17,18). The van der Waals surface area contributed by atoms with Gasteiger partial charge in [0.05, 0.1) is 5.52 Å². The van der Waals surface area contributed by atoms with Gasteiger partial charge in [-0.1, -0.05) is 13.8 Å². The van der Waals surface area contributed by atoms with Crippen molar-refractivity contribution in [1.82, 2.24) is 20.3 Å². The fourth-order valence-corrected chi connectivity index (χ4v) is 2.90. The Balaban J connectivity index is 2.12. The number of fused-ring (bicyclic) bond motifs is 1. The minimum Gasteiger partial charge on any atom is -0.340 e. The lowest BCUT2D eigenvalue weighted by atomic mass is 9.76. The number of hydrogen-bond donors (Lipinski definition) is 2. The van der Waals surface area contributed by atoms with E-state index in [1.807, 2.05) is 13.0 Å². The fraction of sp³-hybridized carbons (Fsp3) is 0.571. The summed E-state index contributed by atoms with van der Waals surface area (Å²) < 4.78 is 0. The summed E-state index contributed by atoms with van der Waals surface area (Å²) in [4.78, 5) is 12.7. The van der Waals surface area contributed by atoms with Crippen molar-refractivity contribution in [3.63, 3.8) is 0 Å². The van der Waals surface area contributed by atoms with Gasteiger partial charge >= 0.3 is 0 Å². The Morgan fingerprint density at radius 3 is 2.78 bits per heavy atom. The van der Waals surface area contributed by atoms with Gasteiger partial charge in [-0.15, -0.1) is 0 Å². The first-order valence-electron chi connectivity index (χ1n) is 6.66. The molecule has 4 nitrogen and oxygen atoms in total. The summed E-state index contributed by atoms with van der Waals surface area (Å²) in [6.45, 7) is 8.63. The van der Waals surface area contributed by atoms with Crippen molar-refractivity contribution in [1.29, 1.82) is 0 Å². The van der Waals surface area contributed by atoms with Gasteiger partial charge in [0.15, 0.2) is 5.65 Å². The monoisotopic (exact) mass is 244 g/mol. The smallest absolute Gasteiger partial charge is 0.177 e. The zero-order valence-electron chi connectivity index (χ0n) is 11.2. The van der Waals surface area contributed by atoms with Crippen molar-refractivity contribution < 1.29 is 0 Å². The van der Waals surface area contributed by atoms with E-state index in [9.17, 15) is 0 Å². The molecule has 1 saturated heterocycles. The summed E-state index contributed by atoms with van der Waals surface area (Å²) >= 11 is 0. The van der Waals surface area contributed by atoms with E-state index in [1.165, 1.54) is 0 Å². The lowest BCUT2D eigenvalue weighted by Crippen LogP contribution is -2.35. The maximum Gasteiger partial charge on any atom is 0.177 e. The Morgan fingerprint density at radius 2 is 2.11 bits per heavy atom. The molecule has 1 aliphatic heterocycles. The minimum atomic E-state index is 0.134. The topological polar surface area (TPSA) is 53.6 Å². The van der Waals surface area contributed by atoms with E-state index in [0.29, 0.717) is 5.92 Å². The zero-order chi connectivity index (χ0) is 12.8. The second-order valence-corrected chi connectivity index (χ2v) is 5.65. The van der Waals surface area contributed by atoms with Gasteiger partial charge in [-0.05, 0) is 37.9 Å². The van der Waals surface area contributed by atoms with Crippen LogP contribution in [0, 0.1) is 12.8 Å². The van der Waals surface area contributed by atoms with Crippen molar-refractivity contribution in [2.75, 3.05) is 13.1 Å². The molecule has 2 aromatic heterocycles. The lowest BCUT2D eigenvalue weighted by molar-refractivity contribution is 0.320. The van der Waals surface area contributed by atoms with E-state index in [1.54, 1.807) is 0 Å². The predicted octanol–water partition coefficient (Wildman–Crippen LogP) is 2.15. The first kappa shape index (κ1) is 11.7. The van der Waals surface area contributed by atoms with Crippen LogP contribution >= 0.6 is 0 Å². The molecule has 1 atom stereocenters. The highest BCUT2D eigenvalue weighted by Crippen LogP contribution is 2.36. The molecule has 0 bridgehead atoms. The average Bonchev–Trinajstić information content (AvgIpc) is 2.94. The van der Waals surface area contributed by atoms with Crippen LogP contribution in [0.25, 0.3) is 11.2 Å². The van der Waals surface area contributed by atoms with Gasteiger partial charge in [0, 0.05) is 17.7 Å². The Kier molecular flexibility index (Phi) is 2.63. The summed E-state index contributed by atoms with van der Waals surface area (Å²) in [5, 5.41) is 3.47. The van der Waals surface area contributed by atoms with Crippen molar-refractivity contribution in [3.05, 3.63) is 23.7 Å². The molecule has 18 heavy (non-hydrogen) atoms. The molecular formula is C14H20N4. The van der Waals surface area contributed by atoms with Crippen LogP contribution in [0.15, 0.2) is 12.1 Å². The van der Waals surface area contributed by atoms with Crippen LogP contribution in [-0.2, 0) is 5.41 Å². The largest absolute Gasteiger partial charge is 0.340 e. The van der Waals surface area contributed by atoms with Crippen molar-refractivity contribution >= 4 is 11.2 Å². The molecule has 1 unspecified atom stereocenters. The molecule has 3 rings (SSSR count). The fourth-order valence-electron chi connectivity index (χ4n) is 2.90. The summed E-state index contributed by atoms with van der Waals surface area (Å²) in [6, 6.07) is 4.10. The number of aryl methyl sites for hydroxylation is 1. The molecule has 0 spiro atoms. The third-order valence-electron chi connectivity index (χ3n) is 4.25. The maximum atomic E-state index is 4.74. The van der Waals surface area contributed by atoms with Crippen LogP contribution in [0.4, 0.5) is 0 Å². The van der Waals surface area contributed by atoms with E-state index in [2.05, 4.69) is 35.2 Å². The third kappa shape index (κ3) is 1.63. The maximum absolute atomic E-state index is 4.74. The number of hydrogen-bond acceptors (Lipinski definition) is 3. The predicted molar refractivity (Wildman–Crippen MR) is 72.6 cm³/mol. The van der Waals surface area contributed by atoms with Crippen molar-refractivity contribution in [2.24, 2.45) is 5.92 Å². The van der Waals surface area contributed by atoms with Gasteiger partial charge in [-0.3, -0.25) is 0 Å². The molecule has 0 aliphatic carbocycles. The number of nitrogens with zero attached hydrogens (tertiary/aromatic N) is 2. The van der Waals surface area contributed by atoms with E-state index < -0.39 is 0 Å². The van der Waals surface area contributed by atoms with E-state index >= 15 is 0 Å². The molecule has 96 valence electrons. The number of aromatic nitrogens is 3. The number of aromatic amines is 1. The zero-order valence-corrected chi connectivity index (χ0v) is 11.2. The molecule has 0 aromatic carbocycles. The molecule has 0 radical (unpaired) electrons. The summed E-state index contributed by atoms with van der Waals surface area (Å²) in [7, 11) is 0. The average molecular weight is 244 g/mol. The number of pyridine rings is 1. The van der Waals surface area contributed by atoms with Gasteiger partial charge in [0.1, 0.15) is 5.82 Å². The number of nitrogens with one attached hydrogen (secondary N) is 2. The molecule has 4 heteroatoms. The SMILES string of the molecule is Cc1ccc2[nH]c(C3(C(C)C)CCNC3)nc2n1. The number of H-pyrrole nitrogens is 1. The highest BCUT2D eigenvalue weighted by atomic mass is 15.0. The molecule has 0 saturated carbocycles. The lowest BCUT2D eigenvalue weighted by Gasteiger charge is -2.30. The number of rotatable bonds is 2. The Hall–Kier alpha value is -1.42. The Labute approximate surface area is 107 Å². The molecular weight excluding hydrogens is 224 g/mol. The van der Waals surface area contributed by atoms with Crippen LogP contribution in [0.2, 0.25) is 0 Å². The first-order valence-corrected chi connectivity index (χ1v) is 6.66. The summed E-state index contributed by atoms with van der Waals surface area (Å²) in [5.74, 6) is 1.66. The second-order valence-electron chi connectivity index (χ2n) is 5.65. The van der Waals surface area contributed by atoms with E-state index in [4.69, 9.17) is 4.98 Å². The first-order chi connectivity index (χ1) is 8.62. The second kappa shape index (κ2) is 4.05. The van der Waals surface area contributed by atoms with Gasteiger partial charge in [0.2, 0.25) is 0 Å². The van der Waals surface area contributed by atoms with Crippen molar-refractivity contribution in [2.45, 2.75) is 32.6 Å². The van der Waals surface area contributed by atoms with Crippen LogP contribution in [-0.4, -0.2) is 28.0 Å². The highest BCUT2D eigenvalue weighted by molar-refractivity contribution is 5.71. The van der Waals surface area contributed by atoms with E-state index in [-0.39, 0.29) is 5.41 Å². The molecule has 1 aliphatic rings. The van der Waals surface area contributed by atoms with Gasteiger partial charge in [-0.2, -0.15) is 0 Å². The summed E-state index contributed by atoms with van der Waals surface area (Å²) in [6.07, 6.45) is 1.14. The highest BCUT2D eigenvalue weighted by Gasteiger charge is 2.41. The minimum absolute atomic E-state index is 0.134. The van der Waals surface area contributed by atoms with Crippen LogP contribution in [0.1, 0.15) is 31.8 Å². The third-order valence-corrected chi connectivity index (χ3v) is 4.25. The number of imidazole rings is 1. The quantitative estimate of drug-likeness (QED) is 0.851. The van der Waals surface area contributed by atoms with Gasteiger partial charge in [-0.25, -0.2) is 9.97 Å². The molecule has 2 N–H and O–H groups in total.